The normalized spacial score (nSPS) is 12.0. The van der Waals surface area contributed by atoms with E-state index < -0.39 is 23.7 Å². The number of alkyl halides is 5. The fraction of sp³-hybridized carbons (Fsp3) is 0.375. The lowest BCUT2D eigenvalue weighted by Crippen LogP contribution is -2.12. The average Bonchev–Trinajstić information content (AvgIpc) is 2.15. The molecule has 1 aromatic heterocycles. The molecule has 0 aromatic carbocycles. The number of methoxy groups -OCH3 is 1. The van der Waals surface area contributed by atoms with Crippen LogP contribution in [0.2, 0.25) is 0 Å². The smallest absolute Gasteiger partial charge is 0.418 e. The summed E-state index contributed by atoms with van der Waals surface area (Å²) in [5, 5.41) is 0. The molecule has 1 rings (SSSR count). The fourth-order valence-electron chi connectivity index (χ4n) is 1.06. The molecule has 0 aliphatic rings. The van der Waals surface area contributed by atoms with Crippen molar-refractivity contribution in [2.45, 2.75) is 12.6 Å². The molecule has 8 heteroatoms. The SMILES string of the molecule is COc1ncc(C(F)(F)F)c(C(F)F)c1I. The molecule has 2 nitrogen and oxygen atoms in total. The highest BCUT2D eigenvalue weighted by Crippen LogP contribution is 2.40. The molecule has 0 fully saturated rings. The molecular formula is C8H5F5INO. The van der Waals surface area contributed by atoms with Crippen LogP contribution in [0.1, 0.15) is 17.6 Å². The Kier molecular flexibility index (Phi) is 3.92. The molecule has 0 saturated heterocycles. The summed E-state index contributed by atoms with van der Waals surface area (Å²) in [7, 11) is 1.15. The van der Waals surface area contributed by atoms with Crippen LogP contribution < -0.4 is 4.74 Å². The van der Waals surface area contributed by atoms with Gasteiger partial charge in [0.15, 0.2) is 0 Å². The molecule has 0 radical (unpaired) electrons. The molecule has 90 valence electrons. The predicted octanol–water partition coefficient (Wildman–Crippen LogP) is 3.65. The minimum absolute atomic E-state index is 0.246. The summed E-state index contributed by atoms with van der Waals surface area (Å²) < 4.78 is 66.6. The van der Waals surface area contributed by atoms with Crippen molar-refractivity contribution in [1.82, 2.24) is 4.98 Å². The summed E-state index contributed by atoms with van der Waals surface area (Å²) in [6.45, 7) is 0. The van der Waals surface area contributed by atoms with Gasteiger partial charge in [-0.2, -0.15) is 13.2 Å². The Morgan fingerprint density at radius 2 is 1.94 bits per heavy atom. The molecule has 0 amide bonds. The third-order valence-electron chi connectivity index (χ3n) is 1.74. The number of pyridine rings is 1. The van der Waals surface area contributed by atoms with E-state index in [1.165, 1.54) is 22.6 Å². The van der Waals surface area contributed by atoms with Crippen molar-refractivity contribution in [3.63, 3.8) is 0 Å². The number of aromatic nitrogens is 1. The van der Waals surface area contributed by atoms with Gasteiger partial charge >= 0.3 is 6.18 Å². The first-order valence-corrected chi connectivity index (χ1v) is 4.94. The monoisotopic (exact) mass is 353 g/mol. The Labute approximate surface area is 101 Å². The second kappa shape index (κ2) is 4.68. The molecular weight excluding hydrogens is 348 g/mol. The van der Waals surface area contributed by atoms with Gasteiger partial charge in [0.2, 0.25) is 5.88 Å². The Balaban J connectivity index is 3.47. The number of halogens is 6. The Morgan fingerprint density at radius 1 is 1.38 bits per heavy atom. The van der Waals surface area contributed by atoms with Gasteiger partial charge in [0.05, 0.1) is 21.8 Å². The second-order valence-electron chi connectivity index (χ2n) is 2.71. The van der Waals surface area contributed by atoms with Crippen LogP contribution in [0.5, 0.6) is 5.88 Å². The molecule has 16 heavy (non-hydrogen) atoms. The van der Waals surface area contributed by atoms with Gasteiger partial charge < -0.3 is 4.74 Å². The van der Waals surface area contributed by atoms with Crippen LogP contribution in [0, 0.1) is 3.57 Å². The summed E-state index contributed by atoms with van der Waals surface area (Å²) in [6, 6.07) is 0. The van der Waals surface area contributed by atoms with Crippen molar-refractivity contribution in [1.29, 1.82) is 0 Å². The van der Waals surface area contributed by atoms with Crippen LogP contribution in [-0.4, -0.2) is 12.1 Å². The highest BCUT2D eigenvalue weighted by molar-refractivity contribution is 14.1. The van der Waals surface area contributed by atoms with E-state index in [2.05, 4.69) is 9.72 Å². The van der Waals surface area contributed by atoms with Gasteiger partial charge in [-0.1, -0.05) is 0 Å². The Hall–Kier alpha value is -0.670. The van der Waals surface area contributed by atoms with E-state index in [4.69, 9.17) is 0 Å². The van der Waals surface area contributed by atoms with E-state index in [1.807, 2.05) is 0 Å². The summed E-state index contributed by atoms with van der Waals surface area (Å²) in [5.41, 5.74) is -2.53. The molecule has 0 atom stereocenters. The average molecular weight is 353 g/mol. The van der Waals surface area contributed by atoms with Gasteiger partial charge in [-0.25, -0.2) is 13.8 Å². The van der Waals surface area contributed by atoms with E-state index in [0.717, 1.165) is 7.11 Å². The second-order valence-corrected chi connectivity index (χ2v) is 3.79. The molecule has 0 bridgehead atoms. The van der Waals surface area contributed by atoms with Gasteiger partial charge in [0, 0.05) is 6.20 Å². The van der Waals surface area contributed by atoms with Crippen molar-refractivity contribution in [2.24, 2.45) is 0 Å². The molecule has 0 spiro atoms. The molecule has 0 aliphatic carbocycles. The van der Waals surface area contributed by atoms with Crippen molar-refractivity contribution >= 4 is 22.6 Å². The molecule has 1 heterocycles. The summed E-state index contributed by atoms with van der Waals surface area (Å²) in [6.07, 6.45) is -7.74. The minimum atomic E-state index is -4.86. The first-order valence-electron chi connectivity index (χ1n) is 3.86. The van der Waals surface area contributed by atoms with E-state index in [1.54, 1.807) is 0 Å². The minimum Gasteiger partial charge on any atom is -0.480 e. The molecule has 0 N–H and O–H groups in total. The van der Waals surface area contributed by atoms with Crippen LogP contribution in [0.4, 0.5) is 22.0 Å². The Bertz CT molecular complexity index is 393. The lowest BCUT2D eigenvalue weighted by molar-refractivity contribution is -0.139. The van der Waals surface area contributed by atoms with Crippen molar-refractivity contribution in [3.05, 3.63) is 20.9 Å². The first kappa shape index (κ1) is 13.4. The summed E-state index contributed by atoms with van der Waals surface area (Å²) in [5.74, 6) is -0.246. The van der Waals surface area contributed by atoms with Crippen LogP contribution in [0.25, 0.3) is 0 Å². The van der Waals surface area contributed by atoms with Gasteiger partial charge in [-0.3, -0.25) is 0 Å². The number of hydrogen-bond donors (Lipinski definition) is 0. The standard InChI is InChI=1S/C8H5F5INO/c1-16-7-5(14)4(6(9)10)3(2-15-7)8(11,12)13/h2,6H,1H3. The van der Waals surface area contributed by atoms with Gasteiger partial charge in [0.1, 0.15) is 0 Å². The number of hydrogen-bond acceptors (Lipinski definition) is 2. The maximum Gasteiger partial charge on any atom is 0.418 e. The maximum atomic E-state index is 12.5. The van der Waals surface area contributed by atoms with Crippen LogP contribution in [0.3, 0.4) is 0 Å². The maximum absolute atomic E-state index is 12.5. The summed E-state index contributed by atoms with van der Waals surface area (Å²) >= 11 is 1.35. The lowest BCUT2D eigenvalue weighted by atomic mass is 10.1. The van der Waals surface area contributed by atoms with Crippen LogP contribution in [-0.2, 0) is 6.18 Å². The van der Waals surface area contributed by atoms with Crippen molar-refractivity contribution in [2.75, 3.05) is 7.11 Å². The zero-order valence-electron chi connectivity index (χ0n) is 7.78. The number of ether oxygens (including phenoxy) is 1. The largest absolute Gasteiger partial charge is 0.480 e. The van der Waals surface area contributed by atoms with Gasteiger partial charge in [-0.15, -0.1) is 0 Å². The molecule has 0 unspecified atom stereocenters. The molecule has 0 aliphatic heterocycles. The number of nitrogens with zero attached hydrogens (tertiary/aromatic N) is 1. The third kappa shape index (κ3) is 2.53. The van der Waals surface area contributed by atoms with E-state index in [-0.39, 0.29) is 9.45 Å². The van der Waals surface area contributed by atoms with Crippen LogP contribution in [0.15, 0.2) is 6.20 Å². The van der Waals surface area contributed by atoms with Crippen LogP contribution >= 0.6 is 22.6 Å². The lowest BCUT2D eigenvalue weighted by Gasteiger charge is -2.14. The quantitative estimate of drug-likeness (QED) is 0.598. The van der Waals surface area contributed by atoms with E-state index in [0.29, 0.717) is 6.20 Å². The fourth-order valence-corrected chi connectivity index (χ4v) is 1.95. The van der Waals surface area contributed by atoms with Crippen molar-refractivity contribution in [3.8, 4) is 5.88 Å². The van der Waals surface area contributed by atoms with E-state index in [9.17, 15) is 22.0 Å². The van der Waals surface area contributed by atoms with E-state index >= 15 is 0 Å². The number of rotatable bonds is 2. The molecule has 0 saturated carbocycles. The highest BCUT2D eigenvalue weighted by Gasteiger charge is 2.38. The Morgan fingerprint density at radius 3 is 2.31 bits per heavy atom. The highest BCUT2D eigenvalue weighted by atomic mass is 127. The first-order chi connectivity index (χ1) is 7.29. The predicted molar refractivity (Wildman–Crippen MR) is 53.5 cm³/mol. The topological polar surface area (TPSA) is 22.1 Å². The van der Waals surface area contributed by atoms with Gasteiger partial charge in [-0.05, 0) is 22.6 Å². The zero-order chi connectivity index (χ0) is 12.5. The molecule has 1 aromatic rings. The van der Waals surface area contributed by atoms with Crippen molar-refractivity contribution < 1.29 is 26.7 Å². The summed E-state index contributed by atoms with van der Waals surface area (Å²) in [4.78, 5) is 3.32. The van der Waals surface area contributed by atoms with Gasteiger partial charge in [0.25, 0.3) is 6.43 Å². The zero-order valence-corrected chi connectivity index (χ0v) is 9.94. The third-order valence-corrected chi connectivity index (χ3v) is 2.78.